The van der Waals surface area contributed by atoms with Gasteiger partial charge in [-0.3, -0.25) is 14.9 Å². The molecule has 0 fully saturated rings. The van der Waals surface area contributed by atoms with Crippen molar-refractivity contribution in [2.24, 2.45) is 0 Å². The molecular formula is C19H17N3O3S. The Hall–Kier alpha value is -3.19. The van der Waals surface area contributed by atoms with Crippen molar-refractivity contribution < 1.29 is 14.3 Å². The summed E-state index contributed by atoms with van der Waals surface area (Å²) in [6, 6.07) is 12.2. The molecule has 0 aliphatic heterocycles. The first-order valence-corrected chi connectivity index (χ1v) is 8.72. The summed E-state index contributed by atoms with van der Waals surface area (Å²) in [5, 5.41) is 7.82. The lowest BCUT2D eigenvalue weighted by atomic mass is 10.1. The van der Waals surface area contributed by atoms with E-state index in [1.807, 2.05) is 25.1 Å². The van der Waals surface area contributed by atoms with Gasteiger partial charge in [-0.15, -0.1) is 11.3 Å². The minimum atomic E-state index is -0.325. The molecule has 2 amide bonds. The van der Waals surface area contributed by atoms with Gasteiger partial charge in [-0.25, -0.2) is 4.98 Å². The van der Waals surface area contributed by atoms with Crippen LogP contribution in [0.2, 0.25) is 0 Å². The molecule has 1 heterocycles. The third kappa shape index (κ3) is 3.89. The Morgan fingerprint density at radius 3 is 2.50 bits per heavy atom. The van der Waals surface area contributed by atoms with E-state index < -0.39 is 0 Å². The molecule has 7 heteroatoms. The predicted molar refractivity (Wildman–Crippen MR) is 102 cm³/mol. The van der Waals surface area contributed by atoms with E-state index in [0.717, 1.165) is 5.56 Å². The maximum Gasteiger partial charge on any atom is 0.261 e. The normalized spacial score (nSPS) is 10.2. The molecule has 0 bridgehead atoms. The highest BCUT2D eigenvalue weighted by Crippen LogP contribution is 2.25. The summed E-state index contributed by atoms with van der Waals surface area (Å²) in [5.41, 5.74) is 2.38. The van der Waals surface area contributed by atoms with Crippen molar-refractivity contribution in [3.63, 3.8) is 0 Å². The zero-order valence-electron chi connectivity index (χ0n) is 14.3. The van der Waals surface area contributed by atoms with Gasteiger partial charge in [0.25, 0.3) is 11.8 Å². The molecule has 0 spiro atoms. The smallest absolute Gasteiger partial charge is 0.261 e. The van der Waals surface area contributed by atoms with Crippen molar-refractivity contribution in [2.45, 2.75) is 6.92 Å². The number of hydrogen-bond donors (Lipinski definition) is 2. The molecule has 6 nitrogen and oxygen atoms in total. The second kappa shape index (κ2) is 7.79. The molecule has 2 N–H and O–H groups in total. The molecule has 0 saturated carbocycles. The molecule has 132 valence electrons. The van der Waals surface area contributed by atoms with Crippen LogP contribution in [-0.4, -0.2) is 23.9 Å². The van der Waals surface area contributed by atoms with Crippen LogP contribution in [0, 0.1) is 6.92 Å². The number of thiazole rings is 1. The first kappa shape index (κ1) is 17.6. The van der Waals surface area contributed by atoms with Crippen molar-refractivity contribution in [3.05, 3.63) is 70.7 Å². The third-order valence-electron chi connectivity index (χ3n) is 3.75. The topological polar surface area (TPSA) is 80.3 Å². The highest BCUT2D eigenvalue weighted by atomic mass is 32.1. The van der Waals surface area contributed by atoms with Crippen LogP contribution in [0.25, 0.3) is 0 Å². The number of carbonyl (C=O) groups is 2. The van der Waals surface area contributed by atoms with Crippen LogP contribution in [0.4, 0.5) is 10.8 Å². The van der Waals surface area contributed by atoms with E-state index in [2.05, 4.69) is 15.6 Å². The van der Waals surface area contributed by atoms with Gasteiger partial charge in [-0.05, 0) is 30.7 Å². The van der Waals surface area contributed by atoms with Gasteiger partial charge >= 0.3 is 0 Å². The first-order chi connectivity index (χ1) is 12.6. The van der Waals surface area contributed by atoms with Gasteiger partial charge in [0.2, 0.25) is 0 Å². The van der Waals surface area contributed by atoms with Gasteiger partial charge in [-0.1, -0.05) is 18.2 Å². The molecule has 0 saturated heterocycles. The number of methoxy groups -OCH3 is 1. The number of anilines is 2. The molecule has 0 atom stereocenters. The summed E-state index contributed by atoms with van der Waals surface area (Å²) >= 11 is 1.33. The maximum absolute atomic E-state index is 12.4. The number of nitrogens with zero attached hydrogens (tertiary/aromatic N) is 1. The van der Waals surface area contributed by atoms with Crippen LogP contribution in [0.5, 0.6) is 5.75 Å². The summed E-state index contributed by atoms with van der Waals surface area (Å²) in [7, 11) is 1.47. The monoisotopic (exact) mass is 367 g/mol. The van der Waals surface area contributed by atoms with Crippen molar-refractivity contribution in [1.82, 2.24) is 4.98 Å². The number of rotatable bonds is 5. The lowest BCUT2D eigenvalue weighted by Gasteiger charge is -2.12. The van der Waals surface area contributed by atoms with Crippen LogP contribution in [0.15, 0.2) is 54.0 Å². The fourth-order valence-electron chi connectivity index (χ4n) is 2.43. The lowest BCUT2D eigenvalue weighted by Crippen LogP contribution is -2.15. The van der Waals surface area contributed by atoms with Gasteiger partial charge < -0.3 is 10.1 Å². The molecule has 1 aromatic heterocycles. The molecule has 0 aliphatic rings. The number of ether oxygens (including phenoxy) is 1. The van der Waals surface area contributed by atoms with Crippen LogP contribution < -0.4 is 15.4 Å². The van der Waals surface area contributed by atoms with Crippen LogP contribution >= 0.6 is 11.3 Å². The van der Waals surface area contributed by atoms with E-state index in [4.69, 9.17) is 4.74 Å². The molecule has 0 aliphatic carbocycles. The van der Waals surface area contributed by atoms with E-state index in [0.29, 0.717) is 27.7 Å². The predicted octanol–water partition coefficient (Wildman–Crippen LogP) is 3.96. The fourth-order valence-corrected chi connectivity index (χ4v) is 2.96. The van der Waals surface area contributed by atoms with Gasteiger partial charge in [0.15, 0.2) is 5.13 Å². The summed E-state index contributed by atoms with van der Waals surface area (Å²) in [4.78, 5) is 28.8. The molecule has 26 heavy (non-hydrogen) atoms. The largest absolute Gasteiger partial charge is 0.496 e. The Morgan fingerprint density at radius 2 is 1.81 bits per heavy atom. The van der Waals surface area contributed by atoms with E-state index in [1.165, 1.54) is 18.4 Å². The average molecular weight is 367 g/mol. The minimum Gasteiger partial charge on any atom is -0.496 e. The van der Waals surface area contributed by atoms with E-state index in [9.17, 15) is 9.59 Å². The lowest BCUT2D eigenvalue weighted by molar-refractivity contribution is 0.101. The Bertz CT molecular complexity index is 939. The van der Waals surface area contributed by atoms with E-state index in [-0.39, 0.29) is 11.8 Å². The average Bonchev–Trinajstić information content (AvgIpc) is 3.14. The second-order valence-electron chi connectivity index (χ2n) is 5.48. The van der Waals surface area contributed by atoms with Gasteiger partial charge in [0.1, 0.15) is 5.75 Å². The SMILES string of the molecule is COc1cc(NC(=O)c2ccccc2C)ccc1C(=O)Nc1nccs1. The molecule has 2 aromatic carbocycles. The highest BCUT2D eigenvalue weighted by Gasteiger charge is 2.15. The van der Waals surface area contributed by atoms with Gasteiger partial charge in [-0.2, -0.15) is 0 Å². The Balaban J connectivity index is 1.79. The Morgan fingerprint density at radius 1 is 1.04 bits per heavy atom. The zero-order chi connectivity index (χ0) is 18.5. The fraction of sp³-hybridized carbons (Fsp3) is 0.105. The molecule has 0 unspecified atom stereocenters. The molecule has 3 rings (SSSR count). The zero-order valence-corrected chi connectivity index (χ0v) is 15.1. The second-order valence-corrected chi connectivity index (χ2v) is 6.37. The van der Waals surface area contributed by atoms with Crippen molar-refractivity contribution >= 4 is 34.0 Å². The van der Waals surface area contributed by atoms with Crippen LogP contribution in [-0.2, 0) is 0 Å². The van der Waals surface area contributed by atoms with Gasteiger partial charge in [0, 0.05) is 28.9 Å². The maximum atomic E-state index is 12.4. The number of carbonyl (C=O) groups excluding carboxylic acids is 2. The molecule has 0 radical (unpaired) electrons. The Kier molecular flexibility index (Phi) is 5.28. The summed E-state index contributed by atoms with van der Waals surface area (Å²) in [6.07, 6.45) is 1.61. The number of hydrogen-bond acceptors (Lipinski definition) is 5. The summed E-state index contributed by atoms with van der Waals surface area (Å²) in [6.45, 7) is 1.88. The minimum absolute atomic E-state index is 0.217. The van der Waals surface area contributed by atoms with Gasteiger partial charge in [0.05, 0.1) is 12.7 Å². The van der Waals surface area contributed by atoms with Crippen molar-refractivity contribution in [1.29, 1.82) is 0 Å². The Labute approximate surface area is 154 Å². The summed E-state index contributed by atoms with van der Waals surface area (Å²) < 4.78 is 5.31. The third-order valence-corrected chi connectivity index (χ3v) is 4.44. The van der Waals surface area contributed by atoms with Crippen LogP contribution in [0.1, 0.15) is 26.3 Å². The van der Waals surface area contributed by atoms with Crippen molar-refractivity contribution in [3.8, 4) is 5.75 Å². The van der Waals surface area contributed by atoms with Crippen LogP contribution in [0.3, 0.4) is 0 Å². The molecule has 3 aromatic rings. The standard InChI is InChI=1S/C19H17N3O3S/c1-12-5-3-4-6-14(12)17(23)21-13-7-8-15(16(11-13)25-2)18(24)22-19-20-9-10-26-19/h3-11H,1-2H3,(H,21,23)(H,20,22,24). The van der Waals surface area contributed by atoms with E-state index >= 15 is 0 Å². The highest BCUT2D eigenvalue weighted by molar-refractivity contribution is 7.13. The molecular weight excluding hydrogens is 350 g/mol. The number of amides is 2. The first-order valence-electron chi connectivity index (χ1n) is 7.84. The summed E-state index contributed by atoms with van der Waals surface area (Å²) in [5.74, 6) is -0.180. The number of aryl methyl sites for hydroxylation is 1. The number of nitrogens with one attached hydrogen (secondary N) is 2. The van der Waals surface area contributed by atoms with E-state index in [1.54, 1.807) is 35.8 Å². The quantitative estimate of drug-likeness (QED) is 0.715. The van der Waals surface area contributed by atoms with Crippen molar-refractivity contribution in [2.75, 3.05) is 17.7 Å². The number of benzene rings is 2. The number of aromatic nitrogens is 1.